The molecule has 2 atom stereocenters. The van der Waals surface area contributed by atoms with Gasteiger partial charge in [-0.25, -0.2) is 0 Å². The summed E-state index contributed by atoms with van der Waals surface area (Å²) in [5.41, 5.74) is 0. The maximum atomic E-state index is 12.5. The molecule has 0 fully saturated rings. The van der Waals surface area contributed by atoms with Crippen molar-refractivity contribution in [3.8, 4) is 0 Å². The van der Waals surface area contributed by atoms with Crippen molar-refractivity contribution in [3.63, 3.8) is 0 Å². The Hall–Kier alpha value is -0.870. The average Bonchev–Trinajstić information content (AvgIpc) is 3.22. The molecule has 57 heavy (non-hydrogen) atoms. The second kappa shape index (κ2) is 49.5. The molecule has 0 aromatic heterocycles. The van der Waals surface area contributed by atoms with E-state index in [1.54, 1.807) is 0 Å². The third-order valence-electron chi connectivity index (χ3n) is 12.5. The van der Waals surface area contributed by atoms with Crippen LogP contribution in [0.2, 0.25) is 0 Å². The predicted molar refractivity (Wildman–Crippen MR) is 253 cm³/mol. The van der Waals surface area contributed by atoms with E-state index in [1.807, 2.05) is 0 Å². The summed E-state index contributed by atoms with van der Waals surface area (Å²) < 4.78 is 0. The lowest BCUT2D eigenvalue weighted by atomic mass is 10.0. The average molecular weight is 804 g/mol. The predicted octanol–water partition coefficient (Wildman–Crippen LogP) is 17.0. The summed E-state index contributed by atoms with van der Waals surface area (Å²) in [4.78, 5) is 12.5. The van der Waals surface area contributed by atoms with E-state index in [2.05, 4.69) is 31.3 Å². The van der Waals surface area contributed by atoms with E-state index >= 15 is 0 Å². The van der Waals surface area contributed by atoms with Gasteiger partial charge in [0.05, 0.1) is 18.8 Å². The number of amides is 1. The first-order valence-electron chi connectivity index (χ1n) is 26.4. The molecule has 3 N–H and O–H groups in total. The van der Waals surface area contributed by atoms with Crippen LogP contribution in [0.25, 0.3) is 0 Å². The van der Waals surface area contributed by atoms with Crippen LogP contribution in [0.1, 0.15) is 303 Å². The van der Waals surface area contributed by atoms with Gasteiger partial charge in [-0.2, -0.15) is 0 Å². The quantitative estimate of drug-likeness (QED) is 0.0424. The van der Waals surface area contributed by atoms with E-state index < -0.39 is 12.1 Å². The lowest BCUT2D eigenvalue weighted by Gasteiger charge is -2.22. The molecule has 0 aliphatic heterocycles. The molecule has 0 heterocycles. The van der Waals surface area contributed by atoms with Crippen molar-refractivity contribution in [1.82, 2.24) is 5.32 Å². The van der Waals surface area contributed by atoms with Gasteiger partial charge in [0, 0.05) is 6.42 Å². The maximum Gasteiger partial charge on any atom is 0.220 e. The number of hydrogen-bond acceptors (Lipinski definition) is 3. The van der Waals surface area contributed by atoms with Crippen LogP contribution in [0.4, 0.5) is 0 Å². The molecule has 4 nitrogen and oxygen atoms in total. The summed E-state index contributed by atoms with van der Waals surface area (Å²) in [5, 5.41) is 23.3. The van der Waals surface area contributed by atoms with E-state index in [0.29, 0.717) is 12.8 Å². The highest BCUT2D eigenvalue weighted by atomic mass is 16.3. The zero-order valence-electron chi connectivity index (χ0n) is 39.1. The molecule has 0 bridgehead atoms. The van der Waals surface area contributed by atoms with Gasteiger partial charge in [-0.3, -0.25) is 4.79 Å². The van der Waals surface area contributed by atoms with Crippen LogP contribution >= 0.6 is 0 Å². The smallest absolute Gasteiger partial charge is 0.220 e. The van der Waals surface area contributed by atoms with Gasteiger partial charge in [0.15, 0.2) is 0 Å². The molecule has 0 radical (unpaired) electrons. The minimum absolute atomic E-state index is 0.0274. The van der Waals surface area contributed by atoms with Gasteiger partial charge in [-0.05, 0) is 38.5 Å². The minimum Gasteiger partial charge on any atom is -0.394 e. The van der Waals surface area contributed by atoms with Crippen molar-refractivity contribution in [2.75, 3.05) is 6.61 Å². The third-order valence-corrected chi connectivity index (χ3v) is 12.5. The first-order valence-corrected chi connectivity index (χ1v) is 26.4. The van der Waals surface area contributed by atoms with Gasteiger partial charge in [0.2, 0.25) is 5.91 Å². The lowest BCUT2D eigenvalue weighted by Crippen LogP contribution is -2.45. The number of nitrogens with one attached hydrogen (secondary N) is 1. The standard InChI is InChI=1S/C53H105NO3/c1-3-5-7-9-11-13-15-17-19-21-23-24-25-26-27-28-29-31-33-35-37-39-41-43-45-47-49-53(57)54-51(50-55)52(56)48-46-44-42-40-38-36-34-32-30-22-20-18-16-14-12-10-8-6-4-2/h26-27,51-52,55-56H,3-25,28-50H2,1-2H3,(H,54,57)/b27-26-. The first-order chi connectivity index (χ1) is 28.2. The lowest BCUT2D eigenvalue weighted by molar-refractivity contribution is -0.123. The fourth-order valence-corrected chi connectivity index (χ4v) is 8.48. The van der Waals surface area contributed by atoms with Crippen molar-refractivity contribution >= 4 is 5.91 Å². The van der Waals surface area contributed by atoms with Crippen molar-refractivity contribution in [1.29, 1.82) is 0 Å². The molecule has 0 rings (SSSR count). The Morgan fingerprint density at radius 1 is 0.404 bits per heavy atom. The molecule has 0 aromatic rings. The van der Waals surface area contributed by atoms with Crippen LogP contribution in [0.15, 0.2) is 12.2 Å². The molecule has 0 saturated carbocycles. The SMILES string of the molecule is CCCCCCCCCCCCCC/C=C\CCCCCCCCCCCCC(=O)NC(CO)C(O)CCCCCCCCCCCCCCCCCCCCC. The van der Waals surface area contributed by atoms with E-state index in [4.69, 9.17) is 0 Å². The largest absolute Gasteiger partial charge is 0.394 e. The molecule has 0 aliphatic rings. The molecule has 0 saturated heterocycles. The van der Waals surface area contributed by atoms with Gasteiger partial charge in [0.25, 0.3) is 0 Å². The Morgan fingerprint density at radius 2 is 0.667 bits per heavy atom. The number of hydrogen-bond donors (Lipinski definition) is 3. The topological polar surface area (TPSA) is 69.6 Å². The first kappa shape index (κ1) is 56.1. The van der Waals surface area contributed by atoms with Gasteiger partial charge in [-0.1, -0.05) is 270 Å². The number of rotatable bonds is 49. The normalized spacial score (nSPS) is 12.8. The Morgan fingerprint density at radius 3 is 0.965 bits per heavy atom. The molecule has 0 aliphatic carbocycles. The summed E-state index contributed by atoms with van der Waals surface area (Å²) in [5.74, 6) is -0.0274. The van der Waals surface area contributed by atoms with Gasteiger partial charge in [0.1, 0.15) is 0 Å². The third kappa shape index (κ3) is 46.1. The summed E-state index contributed by atoms with van der Waals surface area (Å²) in [6, 6.07) is -0.534. The van der Waals surface area contributed by atoms with Crippen molar-refractivity contribution < 1.29 is 15.0 Å². The highest BCUT2D eigenvalue weighted by Gasteiger charge is 2.20. The number of aliphatic hydroxyl groups excluding tert-OH is 2. The number of aliphatic hydroxyl groups is 2. The van der Waals surface area contributed by atoms with E-state index in [-0.39, 0.29) is 12.5 Å². The highest BCUT2D eigenvalue weighted by molar-refractivity contribution is 5.76. The van der Waals surface area contributed by atoms with Crippen LogP contribution in [-0.4, -0.2) is 34.9 Å². The number of allylic oxidation sites excluding steroid dienone is 2. The molecular weight excluding hydrogens is 699 g/mol. The Labute approximate surface area is 358 Å². The Bertz CT molecular complexity index is 784. The zero-order valence-corrected chi connectivity index (χ0v) is 39.1. The minimum atomic E-state index is -0.657. The van der Waals surface area contributed by atoms with Crippen LogP contribution in [0, 0.1) is 0 Å². The fourth-order valence-electron chi connectivity index (χ4n) is 8.48. The monoisotopic (exact) mass is 804 g/mol. The van der Waals surface area contributed by atoms with Crippen LogP contribution < -0.4 is 5.32 Å². The van der Waals surface area contributed by atoms with Crippen molar-refractivity contribution in [2.24, 2.45) is 0 Å². The molecule has 2 unspecified atom stereocenters. The van der Waals surface area contributed by atoms with Gasteiger partial charge in [-0.15, -0.1) is 0 Å². The van der Waals surface area contributed by atoms with E-state index in [0.717, 1.165) is 25.7 Å². The number of carbonyl (C=O) groups excluding carboxylic acids is 1. The Kier molecular flexibility index (Phi) is 48.7. The van der Waals surface area contributed by atoms with Crippen LogP contribution in [0.3, 0.4) is 0 Å². The van der Waals surface area contributed by atoms with Gasteiger partial charge < -0.3 is 15.5 Å². The molecule has 0 spiro atoms. The molecular formula is C53H105NO3. The van der Waals surface area contributed by atoms with Crippen molar-refractivity contribution in [2.45, 2.75) is 315 Å². The van der Waals surface area contributed by atoms with Crippen LogP contribution in [0.5, 0.6) is 0 Å². The zero-order chi connectivity index (χ0) is 41.4. The fraction of sp³-hybridized carbons (Fsp3) is 0.943. The molecule has 1 amide bonds. The number of carbonyl (C=O) groups is 1. The number of unbranched alkanes of at least 4 members (excludes halogenated alkanes) is 40. The summed E-state index contributed by atoms with van der Waals surface area (Å²) in [6.07, 6.45) is 63.2. The van der Waals surface area contributed by atoms with E-state index in [1.165, 1.54) is 250 Å². The second-order valence-electron chi connectivity index (χ2n) is 18.3. The molecule has 340 valence electrons. The summed E-state index contributed by atoms with van der Waals surface area (Å²) in [7, 11) is 0. The molecule has 0 aromatic carbocycles. The Balaban J connectivity index is 3.44. The maximum absolute atomic E-state index is 12.5. The summed E-state index contributed by atoms with van der Waals surface area (Å²) in [6.45, 7) is 4.39. The second-order valence-corrected chi connectivity index (χ2v) is 18.3. The highest BCUT2D eigenvalue weighted by Crippen LogP contribution is 2.17. The van der Waals surface area contributed by atoms with Gasteiger partial charge >= 0.3 is 0 Å². The molecule has 4 heteroatoms. The van der Waals surface area contributed by atoms with Crippen LogP contribution in [-0.2, 0) is 4.79 Å². The summed E-state index contributed by atoms with van der Waals surface area (Å²) >= 11 is 0. The van der Waals surface area contributed by atoms with Crippen molar-refractivity contribution in [3.05, 3.63) is 12.2 Å². The van der Waals surface area contributed by atoms with E-state index in [9.17, 15) is 15.0 Å².